The molecule has 0 unspecified atom stereocenters. The van der Waals surface area contributed by atoms with Gasteiger partial charge in [0.05, 0.1) is 0 Å². The van der Waals surface area contributed by atoms with Gasteiger partial charge in [0.15, 0.2) is 0 Å². The van der Waals surface area contributed by atoms with Crippen molar-refractivity contribution in [3.8, 4) is 0 Å². The number of halogens is 2. The smallest absolute Gasteiger partial charge is 0 e. The second-order valence-electron chi connectivity index (χ2n) is 8.73. The van der Waals surface area contributed by atoms with E-state index in [2.05, 4.69) is 182 Å². The van der Waals surface area contributed by atoms with Gasteiger partial charge in [-0.3, -0.25) is 0 Å². The number of nitrogens with zero attached hydrogens (tertiary/aromatic N) is 1. The van der Waals surface area contributed by atoms with Gasteiger partial charge in [-0.15, -0.1) is 0 Å². The van der Waals surface area contributed by atoms with E-state index in [1.807, 2.05) is 0 Å². The summed E-state index contributed by atoms with van der Waals surface area (Å²) in [5.74, 6) is 0. The van der Waals surface area contributed by atoms with Crippen LogP contribution in [0.4, 0.5) is 0 Å². The van der Waals surface area contributed by atoms with E-state index in [0.29, 0.717) is 0 Å². The van der Waals surface area contributed by atoms with Crippen LogP contribution >= 0.6 is 34.9 Å². The predicted octanol–water partition coefficient (Wildman–Crippen LogP) is 7.79. The first-order chi connectivity index (χ1) is 20.3. The fourth-order valence-electron chi connectivity index (χ4n) is 4.36. The Hall–Kier alpha value is -2.62. The molecule has 0 aliphatic rings. The van der Waals surface area contributed by atoms with Crippen molar-refractivity contribution in [2.45, 2.75) is 0 Å². The van der Waals surface area contributed by atoms with Crippen molar-refractivity contribution in [2.75, 3.05) is 0 Å². The summed E-state index contributed by atoms with van der Waals surface area (Å²) >= 11 is -0.106. The van der Waals surface area contributed by atoms with Crippen LogP contribution in [0, 0.1) is 0 Å². The zero-order valence-electron chi connectivity index (χ0n) is 22.7. The molecule has 0 heterocycles. The van der Waals surface area contributed by atoms with E-state index in [-0.39, 0.29) is 22.1 Å². The molecule has 0 bridgehead atoms. The molecule has 6 aromatic rings. The minimum atomic E-state index is -0.446. The first-order valence-corrected chi connectivity index (χ1v) is 19.7. The summed E-state index contributed by atoms with van der Waals surface area (Å²) in [5.41, 5.74) is 0. The van der Waals surface area contributed by atoms with Crippen molar-refractivity contribution in [1.29, 1.82) is 0 Å². The Labute approximate surface area is 269 Å². The maximum absolute atomic E-state index is 4.81. The van der Waals surface area contributed by atoms with E-state index in [0.717, 1.165) is 0 Å². The summed E-state index contributed by atoms with van der Waals surface area (Å²) in [6.45, 7) is 0. The van der Waals surface area contributed by atoms with Crippen LogP contribution in [-0.2, 0) is 15.9 Å². The molecule has 0 N–H and O–H groups in total. The van der Waals surface area contributed by atoms with Crippen LogP contribution < -0.4 is 38.0 Å². The largest absolute Gasteiger partial charge is 0.0622 e. The molecular weight excluding hydrogens is 686 g/mol. The molecular formula is C36H30Cl2NP2Pd. The number of benzene rings is 6. The van der Waals surface area contributed by atoms with Gasteiger partial charge in [-0.05, 0) is 47.7 Å². The summed E-state index contributed by atoms with van der Waals surface area (Å²) in [5, 5.41) is 8.39. The minimum absolute atomic E-state index is 0. The molecule has 0 aromatic heterocycles. The quantitative estimate of drug-likeness (QED) is 0.125. The molecule has 42 heavy (non-hydrogen) atoms. The normalized spacial score (nSPS) is 10.1. The number of rotatable bonds is 6. The third kappa shape index (κ3) is 10.3. The second-order valence-corrected chi connectivity index (χ2v) is 15.5. The summed E-state index contributed by atoms with van der Waals surface area (Å²) in [6.07, 6.45) is 0. The monoisotopic (exact) mass is 714 g/mol. The standard InChI is InChI=1S/2C18H15P.2ClH.N.Pd/c2*1-4-10-16(11-5-1)19(17-12-6-2-7-13-17)18-14-8-3-9-15-18;;;;/h2*1-15H;2*1H;;/q;;;;;+2/p-2. The Morgan fingerprint density at radius 3 is 0.524 bits per heavy atom. The molecule has 0 aliphatic heterocycles. The fraction of sp³-hybridized carbons (Fsp3) is 0. The second kappa shape index (κ2) is 19.5. The van der Waals surface area contributed by atoms with Crippen LogP contribution in [0.25, 0.3) is 0 Å². The fourth-order valence-corrected chi connectivity index (χ4v) is 8.97. The maximum Gasteiger partial charge on any atom is 0 e. The van der Waals surface area contributed by atoms with Crippen LogP contribution in [0.1, 0.15) is 0 Å². The molecule has 1 nitrogen and oxygen atoms in total. The molecule has 0 saturated heterocycles. The average molecular weight is 716 g/mol. The Balaban J connectivity index is 0.000000207. The van der Waals surface area contributed by atoms with Crippen molar-refractivity contribution in [1.82, 2.24) is 6.15 Å². The molecule has 0 aliphatic carbocycles. The van der Waals surface area contributed by atoms with Crippen LogP contribution in [0.2, 0.25) is 0 Å². The topological polar surface area (TPSA) is 30.5 Å². The van der Waals surface area contributed by atoms with Gasteiger partial charge in [0.1, 0.15) is 0 Å². The summed E-state index contributed by atoms with van der Waals surface area (Å²) in [4.78, 5) is 0. The van der Waals surface area contributed by atoms with Crippen molar-refractivity contribution >= 4 is 66.7 Å². The van der Waals surface area contributed by atoms with Crippen molar-refractivity contribution < 1.29 is 15.9 Å². The Kier molecular flexibility index (Phi) is 15.8. The van der Waals surface area contributed by atoms with Gasteiger partial charge >= 0.3 is 35.0 Å². The predicted molar refractivity (Wildman–Crippen MR) is 184 cm³/mol. The van der Waals surface area contributed by atoms with E-state index in [1.54, 1.807) is 0 Å². The molecule has 6 aromatic carbocycles. The van der Waals surface area contributed by atoms with Crippen LogP contribution in [0.3, 0.4) is 0 Å². The molecule has 0 spiro atoms. The van der Waals surface area contributed by atoms with Crippen molar-refractivity contribution in [3.63, 3.8) is 0 Å². The Morgan fingerprint density at radius 2 is 0.405 bits per heavy atom. The van der Waals surface area contributed by atoms with Gasteiger partial charge in [0, 0.05) is 6.15 Å². The zero-order valence-corrected chi connectivity index (χ0v) is 27.6. The first kappa shape index (κ1) is 33.9. The van der Waals surface area contributed by atoms with Crippen LogP contribution in [0.15, 0.2) is 182 Å². The van der Waals surface area contributed by atoms with E-state index in [1.165, 1.54) is 31.8 Å². The third-order valence-electron chi connectivity index (χ3n) is 6.09. The first-order valence-electron chi connectivity index (χ1n) is 13.0. The molecule has 6 rings (SSSR count). The van der Waals surface area contributed by atoms with Gasteiger partial charge in [-0.1, -0.05) is 182 Å². The molecule has 3 radical (unpaired) electrons. The van der Waals surface area contributed by atoms with Gasteiger partial charge < -0.3 is 0 Å². The van der Waals surface area contributed by atoms with Crippen molar-refractivity contribution in [3.05, 3.63) is 182 Å². The molecule has 0 atom stereocenters. The summed E-state index contributed by atoms with van der Waals surface area (Å²) < 4.78 is 0. The van der Waals surface area contributed by atoms with Gasteiger partial charge in [-0.25, -0.2) is 0 Å². The van der Waals surface area contributed by atoms with E-state index >= 15 is 0 Å². The van der Waals surface area contributed by atoms with E-state index < -0.39 is 15.8 Å². The number of hydrogen-bond donors (Lipinski definition) is 0. The van der Waals surface area contributed by atoms with Gasteiger partial charge in [-0.2, -0.15) is 0 Å². The Bertz CT molecular complexity index is 1210. The molecule has 213 valence electrons. The van der Waals surface area contributed by atoms with Gasteiger partial charge in [0.25, 0.3) is 0 Å². The van der Waals surface area contributed by atoms with Gasteiger partial charge in [0.2, 0.25) is 0 Å². The minimum Gasteiger partial charge on any atom is -0.0622 e. The summed E-state index contributed by atoms with van der Waals surface area (Å²) in [7, 11) is 8.74. The number of hydrogen-bond acceptors (Lipinski definition) is 0. The van der Waals surface area contributed by atoms with Crippen LogP contribution in [0.5, 0.6) is 0 Å². The molecule has 6 heteroatoms. The zero-order chi connectivity index (χ0) is 28.5. The average Bonchev–Trinajstić information content (AvgIpc) is 3.05. The molecule has 0 fully saturated rings. The Morgan fingerprint density at radius 1 is 0.286 bits per heavy atom. The van der Waals surface area contributed by atoms with Crippen LogP contribution in [-0.4, -0.2) is 0 Å². The van der Waals surface area contributed by atoms with E-state index in [9.17, 15) is 0 Å². The third-order valence-corrected chi connectivity index (χ3v) is 11.0. The SMILES string of the molecule is [Cl][Pd][Cl].[N].c1ccc(P(c2ccccc2)c2ccccc2)cc1.c1ccc(P(c2ccccc2)c2ccccc2)cc1. The molecule has 0 saturated carbocycles. The van der Waals surface area contributed by atoms with E-state index in [4.69, 9.17) is 19.1 Å². The maximum atomic E-state index is 4.81. The van der Waals surface area contributed by atoms with Crippen molar-refractivity contribution in [2.24, 2.45) is 0 Å². The summed E-state index contributed by atoms with van der Waals surface area (Å²) in [6, 6.07) is 64.7. The molecule has 0 amide bonds.